The van der Waals surface area contributed by atoms with Crippen LogP contribution in [0.15, 0.2) is 24.3 Å². The van der Waals surface area contributed by atoms with Crippen molar-refractivity contribution in [2.24, 2.45) is 5.84 Å². The van der Waals surface area contributed by atoms with Crippen LogP contribution in [0.3, 0.4) is 0 Å². The van der Waals surface area contributed by atoms with E-state index in [4.69, 9.17) is 5.84 Å². The highest BCUT2D eigenvalue weighted by molar-refractivity contribution is 5.21. The lowest BCUT2D eigenvalue weighted by Gasteiger charge is -2.31. The number of benzene rings is 1. The lowest BCUT2D eigenvalue weighted by atomic mass is 10.1. The molecule has 1 aliphatic heterocycles. The fraction of sp³-hybridized carbons (Fsp3) is 0.500. The zero-order valence-electron chi connectivity index (χ0n) is 9.32. The summed E-state index contributed by atoms with van der Waals surface area (Å²) in [5, 5.41) is 1.89. The molecule has 0 radical (unpaired) electrons. The predicted molar refractivity (Wildman–Crippen MR) is 62.2 cm³/mol. The molecule has 1 saturated heterocycles. The Morgan fingerprint density at radius 2 is 1.67 bits per heavy atom. The summed E-state index contributed by atoms with van der Waals surface area (Å²) in [5.41, 5.74) is 2.72. The molecule has 3 nitrogen and oxygen atoms in total. The largest absolute Gasteiger partial charge is 0.296 e. The Balaban J connectivity index is 1.89. The molecule has 0 atom stereocenters. The van der Waals surface area contributed by atoms with Crippen molar-refractivity contribution in [3.8, 4) is 0 Å². The predicted octanol–water partition coefficient (Wildman–Crippen LogP) is 0.986. The Kier molecular flexibility index (Phi) is 3.36. The Morgan fingerprint density at radius 1 is 1.07 bits per heavy atom. The molecule has 2 rings (SSSR count). The summed E-state index contributed by atoms with van der Waals surface area (Å²) in [6.07, 6.45) is 0. The maximum absolute atomic E-state index is 5.72. The zero-order valence-corrected chi connectivity index (χ0v) is 9.32. The lowest BCUT2D eigenvalue weighted by molar-refractivity contribution is 0.128. The van der Waals surface area contributed by atoms with Crippen LogP contribution in [-0.2, 0) is 6.54 Å². The number of nitrogens with zero attached hydrogens (tertiary/aromatic N) is 2. The Hall–Kier alpha value is -0.900. The molecule has 3 heteroatoms. The zero-order chi connectivity index (χ0) is 10.7. The first kappa shape index (κ1) is 10.6. The van der Waals surface area contributed by atoms with Crippen molar-refractivity contribution in [1.82, 2.24) is 9.91 Å². The van der Waals surface area contributed by atoms with Gasteiger partial charge in [0.25, 0.3) is 0 Å². The Labute approximate surface area is 91.4 Å². The summed E-state index contributed by atoms with van der Waals surface area (Å²) >= 11 is 0. The fourth-order valence-electron chi connectivity index (χ4n) is 1.87. The number of hydrogen-bond donors (Lipinski definition) is 1. The van der Waals surface area contributed by atoms with Gasteiger partial charge in [0, 0.05) is 32.7 Å². The summed E-state index contributed by atoms with van der Waals surface area (Å²) in [7, 11) is 0. The van der Waals surface area contributed by atoms with E-state index in [-0.39, 0.29) is 0 Å². The summed E-state index contributed by atoms with van der Waals surface area (Å²) in [6.45, 7) is 7.28. The summed E-state index contributed by atoms with van der Waals surface area (Å²) in [4.78, 5) is 2.45. The van der Waals surface area contributed by atoms with Gasteiger partial charge in [-0.2, -0.15) is 0 Å². The summed E-state index contributed by atoms with van der Waals surface area (Å²) < 4.78 is 0. The van der Waals surface area contributed by atoms with Crippen LogP contribution in [0.2, 0.25) is 0 Å². The SMILES string of the molecule is Cc1ccc(CN2CCN(N)CC2)cc1. The molecule has 82 valence electrons. The number of hydrogen-bond acceptors (Lipinski definition) is 3. The van der Waals surface area contributed by atoms with Gasteiger partial charge in [-0.25, -0.2) is 5.01 Å². The van der Waals surface area contributed by atoms with Crippen LogP contribution in [0.1, 0.15) is 11.1 Å². The molecule has 1 aromatic carbocycles. The molecule has 0 spiro atoms. The Bertz CT molecular complexity index is 299. The molecular formula is C12H19N3. The molecule has 15 heavy (non-hydrogen) atoms. The second kappa shape index (κ2) is 4.75. The molecule has 0 bridgehead atoms. The Morgan fingerprint density at radius 3 is 2.27 bits per heavy atom. The van der Waals surface area contributed by atoms with Gasteiger partial charge in [-0.1, -0.05) is 29.8 Å². The summed E-state index contributed by atoms with van der Waals surface area (Å²) in [6, 6.07) is 8.78. The lowest BCUT2D eigenvalue weighted by Crippen LogP contribution is -2.48. The standard InChI is InChI=1S/C12H19N3/c1-11-2-4-12(5-3-11)10-14-6-8-15(13)9-7-14/h2-5H,6-10,13H2,1H3. The van der Waals surface area contributed by atoms with E-state index in [0.717, 1.165) is 32.7 Å². The third-order valence-electron chi connectivity index (χ3n) is 2.93. The van der Waals surface area contributed by atoms with Gasteiger partial charge in [0.15, 0.2) is 0 Å². The highest BCUT2D eigenvalue weighted by Crippen LogP contribution is 2.08. The van der Waals surface area contributed by atoms with Crippen LogP contribution >= 0.6 is 0 Å². The number of piperazine rings is 1. The van der Waals surface area contributed by atoms with Gasteiger partial charge < -0.3 is 0 Å². The van der Waals surface area contributed by atoms with Gasteiger partial charge in [-0.3, -0.25) is 10.7 Å². The highest BCUT2D eigenvalue weighted by atomic mass is 15.4. The second-order valence-electron chi connectivity index (χ2n) is 4.30. The van der Waals surface area contributed by atoms with Crippen LogP contribution < -0.4 is 5.84 Å². The van der Waals surface area contributed by atoms with Gasteiger partial charge in [0.2, 0.25) is 0 Å². The molecule has 0 aliphatic carbocycles. The van der Waals surface area contributed by atoms with Crippen LogP contribution in [0.5, 0.6) is 0 Å². The average Bonchev–Trinajstić information content (AvgIpc) is 2.25. The van der Waals surface area contributed by atoms with Gasteiger partial charge in [0.05, 0.1) is 0 Å². The molecule has 0 aromatic heterocycles. The first-order valence-corrected chi connectivity index (χ1v) is 5.51. The third-order valence-corrected chi connectivity index (χ3v) is 2.93. The van der Waals surface area contributed by atoms with Gasteiger partial charge in [0.1, 0.15) is 0 Å². The van der Waals surface area contributed by atoms with Crippen molar-refractivity contribution in [3.63, 3.8) is 0 Å². The minimum absolute atomic E-state index is 0.978. The maximum atomic E-state index is 5.72. The van der Waals surface area contributed by atoms with E-state index < -0.39 is 0 Å². The van der Waals surface area contributed by atoms with Crippen molar-refractivity contribution >= 4 is 0 Å². The van der Waals surface area contributed by atoms with Crippen LogP contribution in [0, 0.1) is 6.92 Å². The van der Waals surface area contributed by atoms with Crippen LogP contribution in [-0.4, -0.2) is 36.1 Å². The van der Waals surface area contributed by atoms with Crippen molar-refractivity contribution in [2.75, 3.05) is 26.2 Å². The molecular weight excluding hydrogens is 186 g/mol. The number of hydrazine groups is 1. The molecule has 0 unspecified atom stereocenters. The number of rotatable bonds is 2. The minimum atomic E-state index is 0.978. The van der Waals surface area contributed by atoms with Gasteiger partial charge >= 0.3 is 0 Å². The van der Waals surface area contributed by atoms with Crippen molar-refractivity contribution in [2.45, 2.75) is 13.5 Å². The molecule has 2 N–H and O–H groups in total. The summed E-state index contributed by atoms with van der Waals surface area (Å²) in [5.74, 6) is 5.72. The first-order valence-electron chi connectivity index (χ1n) is 5.51. The van der Waals surface area contributed by atoms with Crippen LogP contribution in [0.4, 0.5) is 0 Å². The van der Waals surface area contributed by atoms with E-state index in [2.05, 4.69) is 36.1 Å². The van der Waals surface area contributed by atoms with E-state index in [1.807, 2.05) is 5.01 Å². The van der Waals surface area contributed by atoms with Crippen molar-refractivity contribution < 1.29 is 0 Å². The average molecular weight is 205 g/mol. The smallest absolute Gasteiger partial charge is 0.0257 e. The van der Waals surface area contributed by atoms with Crippen molar-refractivity contribution in [1.29, 1.82) is 0 Å². The second-order valence-corrected chi connectivity index (χ2v) is 4.30. The van der Waals surface area contributed by atoms with E-state index in [1.165, 1.54) is 11.1 Å². The van der Waals surface area contributed by atoms with Gasteiger partial charge in [-0.05, 0) is 12.5 Å². The van der Waals surface area contributed by atoms with Gasteiger partial charge in [-0.15, -0.1) is 0 Å². The number of nitrogens with two attached hydrogens (primary N) is 1. The fourth-order valence-corrected chi connectivity index (χ4v) is 1.87. The van der Waals surface area contributed by atoms with E-state index >= 15 is 0 Å². The van der Waals surface area contributed by atoms with Crippen LogP contribution in [0.25, 0.3) is 0 Å². The molecule has 0 amide bonds. The van der Waals surface area contributed by atoms with E-state index in [0.29, 0.717) is 0 Å². The number of aryl methyl sites for hydroxylation is 1. The van der Waals surface area contributed by atoms with E-state index in [9.17, 15) is 0 Å². The molecule has 1 heterocycles. The van der Waals surface area contributed by atoms with E-state index in [1.54, 1.807) is 0 Å². The maximum Gasteiger partial charge on any atom is 0.0257 e. The quantitative estimate of drug-likeness (QED) is 0.731. The molecule has 1 aliphatic rings. The third kappa shape index (κ3) is 3.02. The van der Waals surface area contributed by atoms with Crippen molar-refractivity contribution in [3.05, 3.63) is 35.4 Å². The normalized spacial score (nSPS) is 19.3. The molecule has 1 aromatic rings. The molecule has 1 fully saturated rings. The molecule has 0 saturated carbocycles. The monoisotopic (exact) mass is 205 g/mol. The highest BCUT2D eigenvalue weighted by Gasteiger charge is 2.13. The first-order chi connectivity index (χ1) is 7.24. The minimum Gasteiger partial charge on any atom is -0.296 e. The topological polar surface area (TPSA) is 32.5 Å².